The van der Waals surface area contributed by atoms with Crippen molar-refractivity contribution in [1.82, 2.24) is 10.2 Å². The van der Waals surface area contributed by atoms with Gasteiger partial charge in [0.1, 0.15) is 6.54 Å². The van der Waals surface area contributed by atoms with Gasteiger partial charge in [0.15, 0.2) is 0 Å². The summed E-state index contributed by atoms with van der Waals surface area (Å²) in [4.78, 5) is 14.8. The minimum absolute atomic E-state index is 0.209. The van der Waals surface area contributed by atoms with Crippen LogP contribution in [-0.4, -0.2) is 65.2 Å². The van der Waals surface area contributed by atoms with E-state index >= 15 is 0 Å². The molecule has 2 aliphatic heterocycles. The summed E-state index contributed by atoms with van der Waals surface area (Å²) in [6, 6.07) is 10.6. The normalized spacial score (nSPS) is 19.0. The SMILES string of the molecule is O=C(CN1c2cccc3cccc(c23)S1(=O)=O)NCCN1CCOCC1. The Morgan fingerprint density at radius 3 is 2.62 bits per heavy atom. The monoisotopic (exact) mass is 375 g/mol. The quantitative estimate of drug-likeness (QED) is 0.836. The number of hydrogen-bond donors (Lipinski definition) is 1. The Balaban J connectivity index is 1.45. The average molecular weight is 375 g/mol. The van der Waals surface area contributed by atoms with Gasteiger partial charge in [-0.25, -0.2) is 8.42 Å². The molecule has 0 aliphatic carbocycles. The van der Waals surface area contributed by atoms with E-state index in [1.807, 2.05) is 18.2 Å². The Morgan fingerprint density at radius 1 is 1.12 bits per heavy atom. The highest BCUT2D eigenvalue weighted by atomic mass is 32.2. The molecular formula is C18H21N3O4S. The van der Waals surface area contributed by atoms with E-state index in [0.717, 1.165) is 25.0 Å². The van der Waals surface area contributed by atoms with Gasteiger partial charge >= 0.3 is 0 Å². The van der Waals surface area contributed by atoms with Crippen LogP contribution >= 0.6 is 0 Å². The van der Waals surface area contributed by atoms with Gasteiger partial charge < -0.3 is 10.1 Å². The third-order valence-corrected chi connectivity index (χ3v) is 6.62. The van der Waals surface area contributed by atoms with Crippen molar-refractivity contribution in [3.63, 3.8) is 0 Å². The van der Waals surface area contributed by atoms with Crippen molar-refractivity contribution in [1.29, 1.82) is 0 Å². The fourth-order valence-corrected chi connectivity index (χ4v) is 5.16. The third-order valence-electron chi connectivity index (χ3n) is 4.82. The van der Waals surface area contributed by atoms with Crippen molar-refractivity contribution in [2.75, 3.05) is 50.2 Å². The number of benzene rings is 2. The second kappa shape index (κ2) is 6.86. The first-order valence-corrected chi connectivity index (χ1v) is 10.1. The number of anilines is 1. The van der Waals surface area contributed by atoms with Crippen LogP contribution in [0.1, 0.15) is 0 Å². The van der Waals surface area contributed by atoms with Gasteiger partial charge in [-0.05, 0) is 17.5 Å². The molecule has 2 aliphatic rings. The largest absolute Gasteiger partial charge is 0.379 e. The smallest absolute Gasteiger partial charge is 0.265 e. The number of hydrogen-bond acceptors (Lipinski definition) is 5. The fraction of sp³-hybridized carbons (Fsp3) is 0.389. The molecule has 7 nitrogen and oxygen atoms in total. The zero-order chi connectivity index (χ0) is 18.1. The van der Waals surface area contributed by atoms with Crippen molar-refractivity contribution in [3.8, 4) is 0 Å². The van der Waals surface area contributed by atoms with E-state index in [1.165, 1.54) is 4.31 Å². The van der Waals surface area contributed by atoms with Crippen LogP contribution in [0.5, 0.6) is 0 Å². The lowest BCUT2D eigenvalue weighted by molar-refractivity contribution is -0.119. The molecule has 1 saturated heterocycles. The number of nitrogens with zero attached hydrogens (tertiary/aromatic N) is 2. The van der Waals surface area contributed by atoms with Gasteiger partial charge in [-0.3, -0.25) is 14.0 Å². The van der Waals surface area contributed by atoms with E-state index in [2.05, 4.69) is 10.2 Å². The van der Waals surface area contributed by atoms with Crippen LogP contribution in [0.2, 0.25) is 0 Å². The van der Waals surface area contributed by atoms with E-state index in [4.69, 9.17) is 4.74 Å². The Labute approximate surface area is 152 Å². The maximum absolute atomic E-state index is 12.8. The molecule has 0 bridgehead atoms. The average Bonchev–Trinajstić information content (AvgIpc) is 2.86. The highest BCUT2D eigenvalue weighted by Gasteiger charge is 2.36. The van der Waals surface area contributed by atoms with Crippen LogP contribution in [0, 0.1) is 0 Å². The topological polar surface area (TPSA) is 79.0 Å². The molecule has 1 amide bonds. The van der Waals surface area contributed by atoms with E-state index < -0.39 is 10.0 Å². The molecule has 0 saturated carbocycles. The van der Waals surface area contributed by atoms with E-state index in [9.17, 15) is 13.2 Å². The summed E-state index contributed by atoms with van der Waals surface area (Å²) in [6.07, 6.45) is 0. The molecule has 8 heteroatoms. The zero-order valence-corrected chi connectivity index (χ0v) is 15.2. The van der Waals surface area contributed by atoms with Crippen molar-refractivity contribution in [3.05, 3.63) is 36.4 Å². The Hall–Kier alpha value is -2.16. The first-order chi connectivity index (χ1) is 12.6. The molecule has 0 aromatic heterocycles. The highest BCUT2D eigenvalue weighted by molar-refractivity contribution is 7.93. The second-order valence-electron chi connectivity index (χ2n) is 6.45. The van der Waals surface area contributed by atoms with Gasteiger partial charge in [0.05, 0.1) is 23.8 Å². The number of rotatable bonds is 5. The highest BCUT2D eigenvalue weighted by Crippen LogP contribution is 2.41. The van der Waals surface area contributed by atoms with Gasteiger partial charge in [-0.15, -0.1) is 0 Å². The molecule has 0 unspecified atom stereocenters. The van der Waals surface area contributed by atoms with E-state index in [-0.39, 0.29) is 17.3 Å². The number of carbonyl (C=O) groups is 1. The van der Waals surface area contributed by atoms with Gasteiger partial charge in [-0.1, -0.05) is 24.3 Å². The molecule has 1 N–H and O–H groups in total. The van der Waals surface area contributed by atoms with Crippen LogP contribution in [0.3, 0.4) is 0 Å². The fourth-order valence-electron chi connectivity index (χ4n) is 3.49. The van der Waals surface area contributed by atoms with Crippen LogP contribution < -0.4 is 9.62 Å². The van der Waals surface area contributed by atoms with Gasteiger partial charge in [-0.2, -0.15) is 0 Å². The van der Waals surface area contributed by atoms with Crippen molar-refractivity contribution < 1.29 is 17.9 Å². The van der Waals surface area contributed by atoms with Gasteiger partial charge in [0, 0.05) is 31.6 Å². The number of amides is 1. The molecular weight excluding hydrogens is 354 g/mol. The zero-order valence-electron chi connectivity index (χ0n) is 14.3. The van der Waals surface area contributed by atoms with E-state index in [1.54, 1.807) is 18.2 Å². The Morgan fingerprint density at radius 2 is 1.85 bits per heavy atom. The Bertz CT molecular complexity index is 933. The first-order valence-electron chi connectivity index (χ1n) is 8.69. The lowest BCUT2D eigenvalue weighted by Gasteiger charge is -2.26. The molecule has 0 atom stereocenters. The minimum atomic E-state index is -3.69. The third kappa shape index (κ3) is 3.04. The lowest BCUT2D eigenvalue weighted by Crippen LogP contribution is -2.44. The molecule has 26 heavy (non-hydrogen) atoms. The molecule has 0 spiro atoms. The predicted octanol–water partition coefficient (Wildman–Crippen LogP) is 0.797. The predicted molar refractivity (Wildman–Crippen MR) is 98.7 cm³/mol. The van der Waals surface area contributed by atoms with Crippen LogP contribution in [0.4, 0.5) is 5.69 Å². The number of ether oxygens (including phenoxy) is 1. The second-order valence-corrected chi connectivity index (χ2v) is 8.28. The van der Waals surface area contributed by atoms with Gasteiger partial charge in [0.2, 0.25) is 5.91 Å². The number of sulfonamides is 1. The maximum Gasteiger partial charge on any atom is 0.265 e. The van der Waals surface area contributed by atoms with Crippen molar-refractivity contribution >= 4 is 32.4 Å². The van der Waals surface area contributed by atoms with Crippen LogP contribution in [-0.2, 0) is 19.6 Å². The summed E-state index contributed by atoms with van der Waals surface area (Å²) in [6.45, 7) is 4.15. The summed E-state index contributed by atoms with van der Waals surface area (Å²) in [7, 11) is -3.69. The number of carbonyl (C=O) groups excluding carboxylic acids is 1. The number of nitrogens with one attached hydrogen (secondary N) is 1. The standard InChI is InChI=1S/C18H21N3O4S/c22-17(19-7-8-20-9-11-25-12-10-20)13-21-15-5-1-3-14-4-2-6-16(18(14)15)26(21,23)24/h1-6H,7-13H2,(H,19,22). The Kier molecular flexibility index (Phi) is 4.56. The molecule has 2 aromatic carbocycles. The first kappa shape index (κ1) is 17.3. The summed E-state index contributed by atoms with van der Waals surface area (Å²) >= 11 is 0. The van der Waals surface area contributed by atoms with Gasteiger partial charge in [0.25, 0.3) is 10.0 Å². The molecule has 138 valence electrons. The van der Waals surface area contributed by atoms with Crippen LogP contribution in [0.15, 0.2) is 41.3 Å². The maximum atomic E-state index is 12.8. The molecule has 0 radical (unpaired) electrons. The summed E-state index contributed by atoms with van der Waals surface area (Å²) in [5.41, 5.74) is 0.571. The van der Waals surface area contributed by atoms with Crippen LogP contribution in [0.25, 0.3) is 10.8 Å². The van der Waals surface area contributed by atoms with Crippen molar-refractivity contribution in [2.24, 2.45) is 0 Å². The summed E-state index contributed by atoms with van der Waals surface area (Å²) < 4.78 is 32.2. The van der Waals surface area contributed by atoms with Crippen molar-refractivity contribution in [2.45, 2.75) is 4.90 Å². The molecule has 1 fully saturated rings. The molecule has 4 rings (SSSR count). The summed E-state index contributed by atoms with van der Waals surface area (Å²) in [5, 5.41) is 4.38. The molecule has 2 aromatic rings. The lowest BCUT2D eigenvalue weighted by atomic mass is 10.1. The number of morpholine rings is 1. The molecule has 2 heterocycles. The summed E-state index contributed by atoms with van der Waals surface area (Å²) in [5.74, 6) is -0.299. The van der Waals surface area contributed by atoms with E-state index in [0.29, 0.717) is 30.8 Å². The minimum Gasteiger partial charge on any atom is -0.379 e.